The van der Waals surface area contributed by atoms with E-state index in [1.165, 1.54) is 0 Å². The zero-order valence-corrected chi connectivity index (χ0v) is 11.9. The quantitative estimate of drug-likeness (QED) is 0.875. The van der Waals surface area contributed by atoms with Crippen LogP contribution >= 0.6 is 27.5 Å². The second-order valence-electron chi connectivity index (χ2n) is 4.04. The van der Waals surface area contributed by atoms with Gasteiger partial charge in [0.15, 0.2) is 0 Å². The second-order valence-corrected chi connectivity index (χ2v) is 5.36. The Morgan fingerprint density at radius 3 is 2.69 bits per heavy atom. The average molecular weight is 307 g/mol. The van der Waals surface area contributed by atoms with E-state index in [-0.39, 0.29) is 6.61 Å². The van der Waals surface area contributed by atoms with Crippen molar-refractivity contribution in [1.29, 1.82) is 0 Å². The summed E-state index contributed by atoms with van der Waals surface area (Å²) < 4.78 is 0.942. The third kappa shape index (κ3) is 3.20. The molecule has 1 aromatic rings. The number of hydrogen-bond acceptors (Lipinski definition) is 2. The maximum atomic E-state index is 9.53. The predicted octanol–water partition coefficient (Wildman–Crippen LogP) is 3.31. The summed E-state index contributed by atoms with van der Waals surface area (Å²) in [5, 5.41) is 13.5. The molecule has 1 atom stereocenters. The van der Waals surface area contributed by atoms with Crippen LogP contribution in [-0.4, -0.2) is 18.3 Å². The molecule has 1 rings (SSSR count). The van der Waals surface area contributed by atoms with Gasteiger partial charge >= 0.3 is 0 Å². The van der Waals surface area contributed by atoms with Crippen LogP contribution in [0.5, 0.6) is 0 Å². The molecule has 90 valence electrons. The van der Waals surface area contributed by atoms with Gasteiger partial charge in [0.1, 0.15) is 0 Å². The lowest BCUT2D eigenvalue weighted by Gasteiger charge is -2.30. The fourth-order valence-electron chi connectivity index (χ4n) is 1.57. The molecule has 2 N–H and O–H groups in total. The average Bonchev–Trinajstić information content (AvgIpc) is 2.26. The maximum Gasteiger partial charge on any atom is 0.0655 e. The van der Waals surface area contributed by atoms with Crippen molar-refractivity contribution in [2.75, 3.05) is 13.2 Å². The lowest BCUT2D eigenvalue weighted by atomic mass is 9.92. The lowest BCUT2D eigenvalue weighted by Crippen LogP contribution is -2.43. The Morgan fingerprint density at radius 2 is 2.19 bits per heavy atom. The maximum absolute atomic E-state index is 9.53. The Bertz CT molecular complexity index is 359. The largest absolute Gasteiger partial charge is 0.394 e. The number of nitrogens with one attached hydrogen (secondary N) is 1. The van der Waals surface area contributed by atoms with Gasteiger partial charge < -0.3 is 10.4 Å². The molecule has 0 amide bonds. The van der Waals surface area contributed by atoms with Crippen LogP contribution in [0.15, 0.2) is 22.7 Å². The first kappa shape index (κ1) is 14.0. The highest BCUT2D eigenvalue weighted by Crippen LogP contribution is 2.30. The van der Waals surface area contributed by atoms with Gasteiger partial charge in [-0.05, 0) is 37.6 Å². The minimum Gasteiger partial charge on any atom is -0.394 e. The zero-order valence-electron chi connectivity index (χ0n) is 9.56. The smallest absolute Gasteiger partial charge is 0.0655 e. The molecule has 0 heterocycles. The summed E-state index contributed by atoms with van der Waals surface area (Å²) in [5.41, 5.74) is 0.446. The van der Waals surface area contributed by atoms with Crippen LogP contribution < -0.4 is 5.32 Å². The lowest BCUT2D eigenvalue weighted by molar-refractivity contribution is 0.175. The van der Waals surface area contributed by atoms with Crippen LogP contribution in [0, 0.1) is 0 Å². The van der Waals surface area contributed by atoms with Crippen molar-refractivity contribution in [1.82, 2.24) is 5.32 Å². The van der Waals surface area contributed by atoms with Crippen molar-refractivity contribution >= 4 is 27.5 Å². The van der Waals surface area contributed by atoms with Gasteiger partial charge in [0.25, 0.3) is 0 Å². The molecule has 4 heteroatoms. The minimum absolute atomic E-state index is 0.0222. The van der Waals surface area contributed by atoms with Crippen molar-refractivity contribution in [3.63, 3.8) is 0 Å². The highest BCUT2D eigenvalue weighted by atomic mass is 79.9. The summed E-state index contributed by atoms with van der Waals surface area (Å²) in [4.78, 5) is 0. The summed E-state index contributed by atoms with van der Waals surface area (Å²) in [6.07, 6.45) is 1.02. The van der Waals surface area contributed by atoms with E-state index < -0.39 is 5.54 Å². The molecule has 0 aliphatic carbocycles. The Kier molecular flexibility index (Phi) is 5.25. The number of halogens is 2. The molecule has 0 saturated carbocycles. The van der Waals surface area contributed by atoms with Gasteiger partial charge in [-0.1, -0.05) is 40.5 Å². The SMILES string of the molecule is CCCNC(C)(CO)c1ccc(Br)cc1Cl. The molecule has 1 unspecified atom stereocenters. The second kappa shape index (κ2) is 6.01. The normalized spacial score (nSPS) is 14.8. The highest BCUT2D eigenvalue weighted by molar-refractivity contribution is 9.10. The first-order chi connectivity index (χ1) is 7.53. The highest BCUT2D eigenvalue weighted by Gasteiger charge is 2.27. The summed E-state index contributed by atoms with van der Waals surface area (Å²) >= 11 is 9.56. The van der Waals surface area contributed by atoms with Crippen molar-refractivity contribution in [3.05, 3.63) is 33.3 Å². The zero-order chi connectivity index (χ0) is 12.2. The van der Waals surface area contributed by atoms with E-state index in [4.69, 9.17) is 11.6 Å². The predicted molar refractivity (Wildman–Crippen MR) is 71.9 cm³/mol. The van der Waals surface area contributed by atoms with E-state index in [0.717, 1.165) is 23.0 Å². The number of hydrogen-bond donors (Lipinski definition) is 2. The Labute approximate surface area is 110 Å². The van der Waals surface area contributed by atoms with Crippen LogP contribution in [0.2, 0.25) is 5.02 Å². The standard InChI is InChI=1S/C12H17BrClNO/c1-3-6-15-12(2,8-16)10-5-4-9(13)7-11(10)14/h4-5,7,15-16H,3,6,8H2,1-2H3. The molecular formula is C12H17BrClNO. The van der Waals surface area contributed by atoms with E-state index in [2.05, 4.69) is 28.2 Å². The molecule has 0 spiro atoms. The summed E-state index contributed by atoms with van der Waals surface area (Å²) in [6, 6.07) is 5.71. The van der Waals surface area contributed by atoms with E-state index in [0.29, 0.717) is 5.02 Å². The van der Waals surface area contributed by atoms with Gasteiger partial charge in [-0.25, -0.2) is 0 Å². The van der Waals surface area contributed by atoms with Gasteiger partial charge in [0.05, 0.1) is 12.1 Å². The Balaban J connectivity index is 3.02. The fraction of sp³-hybridized carbons (Fsp3) is 0.500. The molecule has 0 aliphatic heterocycles. The molecule has 0 bridgehead atoms. The van der Waals surface area contributed by atoms with Crippen LogP contribution in [0.3, 0.4) is 0 Å². The van der Waals surface area contributed by atoms with Gasteiger partial charge in [0.2, 0.25) is 0 Å². The molecule has 1 aromatic carbocycles. The van der Waals surface area contributed by atoms with Crippen LogP contribution in [0.1, 0.15) is 25.8 Å². The molecule has 0 saturated heterocycles. The summed E-state index contributed by atoms with van der Waals surface area (Å²) in [5.74, 6) is 0. The molecule has 16 heavy (non-hydrogen) atoms. The van der Waals surface area contributed by atoms with E-state index in [1.807, 2.05) is 25.1 Å². The fourth-order valence-corrected chi connectivity index (χ4v) is 2.46. The van der Waals surface area contributed by atoms with Crippen molar-refractivity contribution < 1.29 is 5.11 Å². The van der Waals surface area contributed by atoms with Gasteiger partial charge in [-0.2, -0.15) is 0 Å². The Morgan fingerprint density at radius 1 is 1.50 bits per heavy atom. The molecule has 0 fully saturated rings. The van der Waals surface area contributed by atoms with Gasteiger partial charge in [-0.3, -0.25) is 0 Å². The molecule has 2 nitrogen and oxygen atoms in total. The molecule has 0 radical (unpaired) electrons. The third-order valence-corrected chi connectivity index (χ3v) is 3.41. The first-order valence-corrected chi connectivity index (χ1v) is 6.52. The van der Waals surface area contributed by atoms with Crippen molar-refractivity contribution in [2.45, 2.75) is 25.8 Å². The first-order valence-electron chi connectivity index (χ1n) is 5.35. The monoisotopic (exact) mass is 305 g/mol. The van der Waals surface area contributed by atoms with E-state index in [9.17, 15) is 5.11 Å². The molecule has 0 aromatic heterocycles. The number of rotatable bonds is 5. The van der Waals surface area contributed by atoms with Gasteiger partial charge in [0, 0.05) is 9.50 Å². The Hall–Kier alpha value is -0.0900. The van der Waals surface area contributed by atoms with Crippen molar-refractivity contribution in [3.8, 4) is 0 Å². The van der Waals surface area contributed by atoms with Gasteiger partial charge in [-0.15, -0.1) is 0 Å². The van der Waals surface area contributed by atoms with E-state index in [1.54, 1.807) is 0 Å². The number of benzene rings is 1. The van der Waals surface area contributed by atoms with Crippen molar-refractivity contribution in [2.24, 2.45) is 0 Å². The van der Waals surface area contributed by atoms with E-state index >= 15 is 0 Å². The van der Waals surface area contributed by atoms with Crippen LogP contribution in [0.25, 0.3) is 0 Å². The molecule has 0 aliphatic rings. The summed E-state index contributed by atoms with van der Waals surface area (Å²) in [6.45, 7) is 4.92. The number of aliphatic hydroxyl groups is 1. The minimum atomic E-state index is -0.478. The third-order valence-electron chi connectivity index (χ3n) is 2.61. The number of aliphatic hydroxyl groups excluding tert-OH is 1. The summed E-state index contributed by atoms with van der Waals surface area (Å²) in [7, 11) is 0. The van der Waals surface area contributed by atoms with Crippen LogP contribution in [-0.2, 0) is 5.54 Å². The molecular weight excluding hydrogens is 289 g/mol. The topological polar surface area (TPSA) is 32.3 Å². The van der Waals surface area contributed by atoms with Crippen LogP contribution in [0.4, 0.5) is 0 Å².